The van der Waals surface area contributed by atoms with Crippen LogP contribution in [-0.2, 0) is 4.74 Å². The predicted molar refractivity (Wildman–Crippen MR) is 81.9 cm³/mol. The van der Waals surface area contributed by atoms with E-state index in [0.717, 1.165) is 22.0 Å². The molecule has 1 fully saturated rings. The Hall–Kier alpha value is -1.89. The van der Waals surface area contributed by atoms with Gasteiger partial charge in [-0.1, -0.05) is 6.07 Å². The van der Waals surface area contributed by atoms with Gasteiger partial charge in [-0.2, -0.15) is 0 Å². The lowest BCUT2D eigenvalue weighted by Crippen LogP contribution is -2.55. The number of benzene rings is 1. The number of aliphatic hydroxyl groups excluding tert-OH is 2. The molecule has 6 nitrogen and oxygen atoms in total. The van der Waals surface area contributed by atoms with Crippen LogP contribution in [0.1, 0.15) is 21.6 Å². The molecule has 0 aliphatic carbocycles. The van der Waals surface area contributed by atoms with Gasteiger partial charge in [0.15, 0.2) is 0 Å². The number of ether oxygens (including phenoxy) is 1. The highest BCUT2D eigenvalue weighted by atomic mass is 16.5. The molecule has 1 amide bonds. The lowest BCUT2D eigenvalue weighted by Gasteiger charge is -2.32. The van der Waals surface area contributed by atoms with Gasteiger partial charge in [0.25, 0.3) is 5.91 Å². The Kier molecular flexibility index (Phi) is 3.90. The molecule has 0 saturated carbocycles. The van der Waals surface area contributed by atoms with E-state index >= 15 is 0 Å². The van der Waals surface area contributed by atoms with Crippen molar-refractivity contribution in [3.63, 3.8) is 0 Å². The van der Waals surface area contributed by atoms with Gasteiger partial charge in [-0.25, -0.2) is 0 Å². The molecule has 0 spiro atoms. The molecule has 0 bridgehead atoms. The van der Waals surface area contributed by atoms with Crippen LogP contribution < -0.4 is 5.32 Å². The molecule has 3 atom stereocenters. The highest BCUT2D eigenvalue weighted by molar-refractivity contribution is 5.99. The number of carbonyl (C=O) groups is 1. The standard InChI is InChI=1S/C16H20N2O4/c1-8-3-9(2)10-5-12(17-11(10)4-8)16(21)18-13-6-22-7-14(19)15(13)20/h3-5,13-15,17,19-20H,6-7H2,1-2H3,(H,18,21)/t13-,14-,15+/m1/s1. The molecule has 1 saturated heterocycles. The predicted octanol–water partition coefficient (Wildman–Crippen LogP) is 0.635. The summed E-state index contributed by atoms with van der Waals surface area (Å²) in [5.74, 6) is -0.324. The molecule has 6 heteroatoms. The summed E-state index contributed by atoms with van der Waals surface area (Å²) in [4.78, 5) is 15.4. The average molecular weight is 304 g/mol. The summed E-state index contributed by atoms with van der Waals surface area (Å²) >= 11 is 0. The van der Waals surface area contributed by atoms with Crippen LogP contribution in [-0.4, -0.2) is 52.6 Å². The van der Waals surface area contributed by atoms with E-state index in [1.807, 2.05) is 19.9 Å². The molecular weight excluding hydrogens is 284 g/mol. The summed E-state index contributed by atoms with van der Waals surface area (Å²) in [6.45, 7) is 4.27. The quantitative estimate of drug-likeness (QED) is 0.655. The molecule has 1 aromatic heterocycles. The normalized spacial score (nSPS) is 25.4. The van der Waals surface area contributed by atoms with Crippen molar-refractivity contribution >= 4 is 16.8 Å². The first kappa shape index (κ1) is 15.0. The number of aromatic amines is 1. The van der Waals surface area contributed by atoms with Crippen LogP contribution in [0.25, 0.3) is 10.9 Å². The molecular formula is C16H20N2O4. The number of hydrogen-bond acceptors (Lipinski definition) is 4. The van der Waals surface area contributed by atoms with E-state index in [9.17, 15) is 15.0 Å². The minimum Gasteiger partial charge on any atom is -0.388 e. The van der Waals surface area contributed by atoms with Crippen LogP contribution in [0.4, 0.5) is 0 Å². The summed E-state index contributed by atoms with van der Waals surface area (Å²) < 4.78 is 5.16. The van der Waals surface area contributed by atoms with E-state index < -0.39 is 18.2 Å². The van der Waals surface area contributed by atoms with Crippen LogP contribution in [0.5, 0.6) is 0 Å². The molecule has 0 radical (unpaired) electrons. The number of hydrogen-bond donors (Lipinski definition) is 4. The Labute approximate surface area is 128 Å². The molecule has 1 aliphatic heterocycles. The molecule has 2 aromatic rings. The van der Waals surface area contributed by atoms with Gasteiger partial charge in [-0.3, -0.25) is 4.79 Å². The smallest absolute Gasteiger partial charge is 0.268 e. The Balaban J connectivity index is 1.82. The number of fused-ring (bicyclic) bond motifs is 1. The SMILES string of the molecule is Cc1cc(C)c2cc(C(=O)N[C@@H]3COC[C@@H](O)[C@H]3O)[nH]c2c1. The van der Waals surface area contributed by atoms with Gasteiger partial charge in [0.05, 0.1) is 19.3 Å². The number of amides is 1. The van der Waals surface area contributed by atoms with Gasteiger partial charge >= 0.3 is 0 Å². The maximum absolute atomic E-state index is 12.3. The van der Waals surface area contributed by atoms with Crippen LogP contribution in [0.15, 0.2) is 18.2 Å². The fraction of sp³-hybridized carbons (Fsp3) is 0.438. The van der Waals surface area contributed by atoms with Gasteiger partial charge in [-0.15, -0.1) is 0 Å². The van der Waals surface area contributed by atoms with E-state index in [2.05, 4.69) is 16.4 Å². The maximum Gasteiger partial charge on any atom is 0.268 e. The zero-order valence-corrected chi connectivity index (χ0v) is 12.6. The van der Waals surface area contributed by atoms with E-state index in [4.69, 9.17) is 4.74 Å². The van der Waals surface area contributed by atoms with Crippen molar-refractivity contribution in [3.05, 3.63) is 35.0 Å². The Morgan fingerprint density at radius 2 is 2.05 bits per heavy atom. The van der Waals surface area contributed by atoms with Crippen LogP contribution in [0.2, 0.25) is 0 Å². The number of H-pyrrole nitrogens is 1. The first-order chi connectivity index (χ1) is 10.5. The largest absolute Gasteiger partial charge is 0.388 e. The minimum atomic E-state index is -1.02. The third kappa shape index (κ3) is 2.72. The number of aryl methyl sites for hydroxylation is 2. The van der Waals surface area contributed by atoms with Gasteiger partial charge in [0.1, 0.15) is 17.9 Å². The van der Waals surface area contributed by atoms with Crippen molar-refractivity contribution in [2.45, 2.75) is 32.1 Å². The van der Waals surface area contributed by atoms with Crippen molar-refractivity contribution in [2.75, 3.05) is 13.2 Å². The number of aromatic nitrogens is 1. The molecule has 3 rings (SSSR count). The van der Waals surface area contributed by atoms with E-state index in [1.54, 1.807) is 6.07 Å². The molecule has 22 heavy (non-hydrogen) atoms. The topological polar surface area (TPSA) is 94.6 Å². The van der Waals surface area contributed by atoms with Gasteiger partial charge < -0.3 is 25.3 Å². The lowest BCUT2D eigenvalue weighted by molar-refractivity contribution is -0.102. The molecule has 118 valence electrons. The minimum absolute atomic E-state index is 0.0817. The van der Waals surface area contributed by atoms with Crippen LogP contribution in [0.3, 0.4) is 0 Å². The lowest BCUT2D eigenvalue weighted by atomic mass is 10.0. The maximum atomic E-state index is 12.3. The third-order valence-corrected chi connectivity index (χ3v) is 4.04. The fourth-order valence-corrected chi connectivity index (χ4v) is 2.88. The van der Waals surface area contributed by atoms with Crippen molar-refractivity contribution in [2.24, 2.45) is 0 Å². The highest BCUT2D eigenvalue weighted by Crippen LogP contribution is 2.21. The molecule has 1 aliphatic rings. The first-order valence-corrected chi connectivity index (χ1v) is 7.30. The highest BCUT2D eigenvalue weighted by Gasteiger charge is 2.32. The van der Waals surface area contributed by atoms with Crippen molar-refractivity contribution in [1.29, 1.82) is 0 Å². The van der Waals surface area contributed by atoms with Gasteiger partial charge in [-0.05, 0) is 37.1 Å². The Morgan fingerprint density at radius 3 is 2.82 bits per heavy atom. The summed E-state index contributed by atoms with van der Waals surface area (Å²) in [5, 5.41) is 23.2. The average Bonchev–Trinajstić information content (AvgIpc) is 2.88. The fourth-order valence-electron chi connectivity index (χ4n) is 2.88. The number of carbonyl (C=O) groups excluding carboxylic acids is 1. The van der Waals surface area contributed by atoms with Crippen LogP contribution in [0, 0.1) is 13.8 Å². The second kappa shape index (κ2) is 5.72. The zero-order valence-electron chi connectivity index (χ0n) is 12.6. The first-order valence-electron chi connectivity index (χ1n) is 7.30. The Morgan fingerprint density at radius 1 is 1.27 bits per heavy atom. The zero-order chi connectivity index (χ0) is 15.9. The van der Waals surface area contributed by atoms with Crippen molar-refractivity contribution in [3.8, 4) is 0 Å². The molecule has 2 heterocycles. The number of rotatable bonds is 2. The second-order valence-corrected chi connectivity index (χ2v) is 5.90. The van der Waals surface area contributed by atoms with Crippen molar-refractivity contribution < 1.29 is 19.7 Å². The van der Waals surface area contributed by atoms with E-state index in [0.29, 0.717) is 5.69 Å². The second-order valence-electron chi connectivity index (χ2n) is 5.90. The molecule has 1 aromatic carbocycles. The Bertz CT molecular complexity index is 709. The number of nitrogens with one attached hydrogen (secondary N) is 2. The third-order valence-electron chi connectivity index (χ3n) is 4.04. The van der Waals surface area contributed by atoms with Gasteiger partial charge in [0, 0.05) is 10.9 Å². The van der Waals surface area contributed by atoms with Crippen molar-refractivity contribution in [1.82, 2.24) is 10.3 Å². The van der Waals surface area contributed by atoms with E-state index in [1.165, 1.54) is 0 Å². The summed E-state index contributed by atoms with van der Waals surface area (Å²) in [6, 6.07) is 5.23. The summed E-state index contributed by atoms with van der Waals surface area (Å²) in [7, 11) is 0. The van der Waals surface area contributed by atoms with Crippen LogP contribution >= 0.6 is 0 Å². The summed E-state index contributed by atoms with van der Waals surface area (Å²) in [5.41, 5.74) is 3.55. The molecule has 4 N–H and O–H groups in total. The summed E-state index contributed by atoms with van der Waals surface area (Å²) in [6.07, 6.45) is -2.00. The monoisotopic (exact) mass is 304 g/mol. The molecule has 0 unspecified atom stereocenters. The number of aliphatic hydroxyl groups is 2. The van der Waals surface area contributed by atoms with Gasteiger partial charge in [0.2, 0.25) is 0 Å². The van der Waals surface area contributed by atoms with E-state index in [-0.39, 0.29) is 19.1 Å².